The van der Waals surface area contributed by atoms with Crippen molar-refractivity contribution in [1.29, 1.82) is 0 Å². The smallest absolute Gasteiger partial charge is 0.276 e. The average Bonchev–Trinajstić information content (AvgIpc) is 3.35. The summed E-state index contributed by atoms with van der Waals surface area (Å²) in [6.07, 6.45) is 1.62. The average molecular weight is 402 g/mol. The maximum absolute atomic E-state index is 12.6. The van der Waals surface area contributed by atoms with Gasteiger partial charge in [0.25, 0.3) is 11.5 Å². The number of para-hydroxylation sites is 2. The predicted molar refractivity (Wildman–Crippen MR) is 114 cm³/mol. The van der Waals surface area contributed by atoms with Crippen molar-refractivity contribution >= 4 is 50.0 Å². The molecule has 1 amide bonds. The maximum atomic E-state index is 12.6. The van der Waals surface area contributed by atoms with Crippen LogP contribution in [0.3, 0.4) is 0 Å². The van der Waals surface area contributed by atoms with E-state index in [4.69, 9.17) is 5.73 Å². The van der Waals surface area contributed by atoms with Gasteiger partial charge in [-0.1, -0.05) is 12.1 Å². The number of H-pyrrole nitrogens is 2. The van der Waals surface area contributed by atoms with Crippen LogP contribution < -0.4 is 16.6 Å². The zero-order valence-corrected chi connectivity index (χ0v) is 15.7. The molecule has 3 aromatic heterocycles. The number of aromatic amines is 2. The topological polar surface area (TPSA) is 130 Å². The van der Waals surface area contributed by atoms with E-state index in [1.54, 1.807) is 35.8 Å². The van der Waals surface area contributed by atoms with E-state index in [1.807, 2.05) is 18.2 Å². The van der Waals surface area contributed by atoms with E-state index >= 15 is 0 Å². The maximum Gasteiger partial charge on any atom is 0.276 e. The summed E-state index contributed by atoms with van der Waals surface area (Å²) >= 11 is 1.34. The quantitative estimate of drug-likeness (QED) is 0.368. The molecule has 0 saturated heterocycles. The van der Waals surface area contributed by atoms with E-state index in [0.29, 0.717) is 44.0 Å². The fourth-order valence-electron chi connectivity index (χ4n) is 3.19. The van der Waals surface area contributed by atoms with Gasteiger partial charge in [-0.2, -0.15) is 0 Å². The molecule has 2 aromatic carbocycles. The lowest BCUT2D eigenvalue weighted by Crippen LogP contribution is -2.12. The van der Waals surface area contributed by atoms with Gasteiger partial charge in [0.05, 0.1) is 22.4 Å². The molecule has 142 valence electrons. The first-order valence-electron chi connectivity index (χ1n) is 8.71. The zero-order valence-electron chi connectivity index (χ0n) is 14.9. The molecule has 3 heterocycles. The number of nitrogen functional groups attached to an aromatic ring is 1. The molecule has 5 aromatic rings. The third kappa shape index (κ3) is 2.93. The lowest BCUT2D eigenvalue weighted by atomic mass is 10.1. The van der Waals surface area contributed by atoms with Gasteiger partial charge in [-0.05, 0) is 30.3 Å². The molecule has 0 aliphatic carbocycles. The number of carbonyl (C=O) groups is 1. The number of nitrogens with zero attached hydrogens (tertiary/aromatic N) is 2. The zero-order chi connectivity index (χ0) is 20.0. The molecule has 0 unspecified atom stereocenters. The monoisotopic (exact) mass is 402 g/mol. The summed E-state index contributed by atoms with van der Waals surface area (Å²) in [5.41, 5.74) is 9.41. The minimum atomic E-state index is -0.344. The summed E-state index contributed by atoms with van der Waals surface area (Å²) in [5, 5.41) is 5.68. The Bertz CT molecular complexity index is 1430. The number of amides is 1. The third-order valence-corrected chi connectivity index (χ3v) is 5.28. The van der Waals surface area contributed by atoms with Gasteiger partial charge in [0.2, 0.25) is 0 Å². The summed E-state index contributed by atoms with van der Waals surface area (Å²) in [6, 6.07) is 12.4. The molecule has 8 nitrogen and oxygen atoms in total. The van der Waals surface area contributed by atoms with Crippen LogP contribution in [0.5, 0.6) is 0 Å². The van der Waals surface area contributed by atoms with E-state index in [0.717, 1.165) is 0 Å². The Hall–Kier alpha value is -3.98. The first kappa shape index (κ1) is 17.1. The Morgan fingerprint density at radius 3 is 2.79 bits per heavy atom. The standard InChI is InChI=1S/C20H14N6O2S/c21-15-11-9-10(18(27)26-20-22-7-8-29-20)5-6-12(11)23-16(15)17-19(28)25-14-4-2-1-3-13(14)24-17/h1-9,23H,21H2,(H,25,28)(H,22,26,27). The van der Waals surface area contributed by atoms with Crippen molar-refractivity contribution in [2.24, 2.45) is 0 Å². The van der Waals surface area contributed by atoms with Gasteiger partial charge in [-0.15, -0.1) is 11.3 Å². The van der Waals surface area contributed by atoms with E-state index < -0.39 is 0 Å². The second kappa shape index (κ2) is 6.57. The molecule has 29 heavy (non-hydrogen) atoms. The van der Waals surface area contributed by atoms with Gasteiger partial charge in [0.1, 0.15) is 0 Å². The van der Waals surface area contributed by atoms with Crippen LogP contribution in [0.2, 0.25) is 0 Å². The molecule has 0 fully saturated rings. The summed E-state index contributed by atoms with van der Waals surface area (Å²) in [4.78, 5) is 39.5. The largest absolute Gasteiger partial charge is 0.396 e. The highest BCUT2D eigenvalue weighted by molar-refractivity contribution is 7.13. The molecule has 0 atom stereocenters. The molecular weight excluding hydrogens is 388 g/mol. The van der Waals surface area contributed by atoms with E-state index in [2.05, 4.69) is 25.3 Å². The number of fused-ring (bicyclic) bond motifs is 2. The van der Waals surface area contributed by atoms with Gasteiger partial charge < -0.3 is 15.7 Å². The number of aromatic nitrogens is 4. The number of hydrogen-bond acceptors (Lipinski definition) is 6. The summed E-state index contributed by atoms with van der Waals surface area (Å²) in [6.45, 7) is 0. The highest BCUT2D eigenvalue weighted by Crippen LogP contribution is 2.31. The first-order chi connectivity index (χ1) is 14.1. The molecule has 0 aliphatic heterocycles. The number of thiazole rings is 1. The molecule has 0 saturated carbocycles. The van der Waals surface area contributed by atoms with Gasteiger partial charge in [-0.25, -0.2) is 9.97 Å². The molecule has 0 radical (unpaired) electrons. The Kier molecular flexibility index (Phi) is 3.88. The number of benzene rings is 2. The Morgan fingerprint density at radius 2 is 1.97 bits per heavy atom. The third-order valence-electron chi connectivity index (χ3n) is 4.59. The molecule has 0 spiro atoms. The number of anilines is 2. The van der Waals surface area contributed by atoms with Crippen molar-refractivity contribution in [3.8, 4) is 11.4 Å². The van der Waals surface area contributed by atoms with Crippen LogP contribution >= 0.6 is 11.3 Å². The van der Waals surface area contributed by atoms with Crippen LogP contribution in [0, 0.1) is 0 Å². The summed E-state index contributed by atoms with van der Waals surface area (Å²) in [7, 11) is 0. The molecule has 5 rings (SSSR count). The van der Waals surface area contributed by atoms with Gasteiger partial charge in [0.15, 0.2) is 10.8 Å². The number of nitrogens with one attached hydrogen (secondary N) is 3. The van der Waals surface area contributed by atoms with Crippen molar-refractivity contribution in [3.63, 3.8) is 0 Å². The van der Waals surface area contributed by atoms with Gasteiger partial charge in [-0.3, -0.25) is 14.9 Å². The molecule has 0 bridgehead atoms. The molecular formula is C20H14N6O2S. The molecule has 9 heteroatoms. The van der Waals surface area contributed by atoms with Crippen LogP contribution in [0.1, 0.15) is 10.4 Å². The second-order valence-electron chi connectivity index (χ2n) is 6.40. The van der Waals surface area contributed by atoms with Gasteiger partial charge in [0, 0.05) is 28.0 Å². The predicted octanol–water partition coefficient (Wildman–Crippen LogP) is 3.36. The van der Waals surface area contributed by atoms with Crippen LogP contribution in [-0.2, 0) is 0 Å². The van der Waals surface area contributed by atoms with Crippen LogP contribution in [0.25, 0.3) is 33.3 Å². The van der Waals surface area contributed by atoms with Gasteiger partial charge >= 0.3 is 0 Å². The summed E-state index contributed by atoms with van der Waals surface area (Å²) < 4.78 is 0. The fraction of sp³-hybridized carbons (Fsp3) is 0. The minimum absolute atomic E-state index is 0.200. The Labute approximate surface area is 167 Å². The SMILES string of the molecule is Nc1c(-c2nc3ccccc3[nH]c2=O)[nH]c2ccc(C(=O)Nc3nccs3)cc12. The molecule has 0 aliphatic rings. The Balaban J connectivity index is 1.60. The van der Waals surface area contributed by atoms with Crippen molar-refractivity contribution in [2.45, 2.75) is 0 Å². The highest BCUT2D eigenvalue weighted by atomic mass is 32.1. The van der Waals surface area contributed by atoms with Crippen LogP contribution in [0.4, 0.5) is 10.8 Å². The van der Waals surface area contributed by atoms with E-state index in [-0.39, 0.29) is 17.2 Å². The van der Waals surface area contributed by atoms with Crippen molar-refractivity contribution in [2.75, 3.05) is 11.1 Å². The molecule has 5 N–H and O–H groups in total. The fourth-order valence-corrected chi connectivity index (χ4v) is 3.72. The van der Waals surface area contributed by atoms with Crippen molar-refractivity contribution < 1.29 is 4.79 Å². The lowest BCUT2D eigenvalue weighted by Gasteiger charge is -2.03. The van der Waals surface area contributed by atoms with E-state index in [9.17, 15) is 9.59 Å². The minimum Gasteiger partial charge on any atom is -0.396 e. The normalized spacial score (nSPS) is 11.2. The number of hydrogen-bond donors (Lipinski definition) is 4. The lowest BCUT2D eigenvalue weighted by molar-refractivity contribution is 0.102. The Morgan fingerprint density at radius 1 is 1.10 bits per heavy atom. The number of carbonyl (C=O) groups excluding carboxylic acids is 1. The number of rotatable bonds is 3. The summed E-state index contributed by atoms with van der Waals surface area (Å²) in [5.74, 6) is -0.286. The highest BCUT2D eigenvalue weighted by Gasteiger charge is 2.17. The van der Waals surface area contributed by atoms with Crippen molar-refractivity contribution in [3.05, 3.63) is 70.0 Å². The van der Waals surface area contributed by atoms with Crippen LogP contribution in [-0.4, -0.2) is 25.8 Å². The first-order valence-corrected chi connectivity index (χ1v) is 9.59. The van der Waals surface area contributed by atoms with Crippen LogP contribution in [0.15, 0.2) is 58.8 Å². The number of nitrogens with two attached hydrogens (primary N) is 1. The second-order valence-corrected chi connectivity index (χ2v) is 7.29. The van der Waals surface area contributed by atoms with E-state index in [1.165, 1.54) is 11.3 Å². The van der Waals surface area contributed by atoms with Crippen molar-refractivity contribution in [1.82, 2.24) is 19.9 Å².